The van der Waals surface area contributed by atoms with E-state index < -0.39 is 0 Å². The van der Waals surface area contributed by atoms with Crippen molar-refractivity contribution in [3.05, 3.63) is 87.5 Å². The highest BCUT2D eigenvalue weighted by Crippen LogP contribution is 2.31. The van der Waals surface area contributed by atoms with Gasteiger partial charge in [0, 0.05) is 17.4 Å². The molecule has 3 aromatic carbocycles. The van der Waals surface area contributed by atoms with Gasteiger partial charge < -0.3 is 16.2 Å². The van der Waals surface area contributed by atoms with Gasteiger partial charge in [-0.05, 0) is 90.1 Å². The lowest BCUT2D eigenvalue weighted by molar-refractivity contribution is 0.475. The summed E-state index contributed by atoms with van der Waals surface area (Å²) in [7, 11) is 0. The molecule has 0 saturated heterocycles. The summed E-state index contributed by atoms with van der Waals surface area (Å²) < 4.78 is 0. The molecule has 3 heteroatoms. The highest BCUT2D eigenvalue weighted by Gasteiger charge is 2.14. The molecule has 0 aromatic heterocycles. The van der Waals surface area contributed by atoms with Crippen molar-refractivity contribution in [3.63, 3.8) is 0 Å². The number of hydrogen-bond acceptors (Lipinski definition) is 3. The number of rotatable bonds is 9. The van der Waals surface area contributed by atoms with Crippen molar-refractivity contribution in [2.45, 2.75) is 72.8 Å². The fraction of sp³-hybridized carbons (Fsp3) is 0.379. The van der Waals surface area contributed by atoms with E-state index in [0.29, 0.717) is 5.75 Å². The number of nitrogens with two attached hydrogens (primary N) is 1. The van der Waals surface area contributed by atoms with Crippen LogP contribution in [0.15, 0.2) is 48.5 Å². The van der Waals surface area contributed by atoms with Crippen molar-refractivity contribution in [1.29, 1.82) is 0 Å². The number of anilines is 2. The van der Waals surface area contributed by atoms with E-state index in [1.807, 2.05) is 12.1 Å². The van der Waals surface area contributed by atoms with Crippen LogP contribution in [-0.2, 0) is 32.1 Å². The Morgan fingerprint density at radius 2 is 1.19 bits per heavy atom. The van der Waals surface area contributed by atoms with Crippen molar-refractivity contribution >= 4 is 11.4 Å². The van der Waals surface area contributed by atoms with Crippen molar-refractivity contribution in [2.24, 2.45) is 0 Å². The molecule has 4 N–H and O–H groups in total. The first-order valence-electron chi connectivity index (χ1n) is 12.0. The van der Waals surface area contributed by atoms with Gasteiger partial charge in [0.1, 0.15) is 5.75 Å². The molecule has 0 radical (unpaired) electrons. The van der Waals surface area contributed by atoms with Crippen LogP contribution in [0, 0.1) is 0 Å². The predicted octanol–water partition coefficient (Wildman–Crippen LogP) is 6.99. The third kappa shape index (κ3) is 5.27. The van der Waals surface area contributed by atoms with Gasteiger partial charge in [-0.3, -0.25) is 0 Å². The number of phenols is 1. The maximum Gasteiger partial charge on any atom is 0.115 e. The summed E-state index contributed by atoms with van der Waals surface area (Å²) >= 11 is 0. The van der Waals surface area contributed by atoms with Gasteiger partial charge in [-0.15, -0.1) is 0 Å². The first kappa shape index (κ1) is 23.7. The number of phenolic OH excluding ortho intramolecular Hbond substituents is 1. The van der Waals surface area contributed by atoms with Crippen LogP contribution in [0.4, 0.5) is 11.4 Å². The second-order valence-corrected chi connectivity index (χ2v) is 8.67. The lowest BCUT2D eigenvalue weighted by Gasteiger charge is -2.22. The van der Waals surface area contributed by atoms with Gasteiger partial charge in [-0.2, -0.15) is 0 Å². The molecule has 3 nitrogen and oxygen atoms in total. The van der Waals surface area contributed by atoms with Crippen molar-refractivity contribution < 1.29 is 5.11 Å². The van der Waals surface area contributed by atoms with E-state index in [1.54, 1.807) is 12.1 Å². The van der Waals surface area contributed by atoms with Gasteiger partial charge >= 0.3 is 0 Å². The monoisotopic (exact) mass is 430 g/mol. The molecule has 3 rings (SSSR count). The third-order valence-electron chi connectivity index (χ3n) is 6.46. The Morgan fingerprint density at radius 1 is 0.750 bits per heavy atom. The van der Waals surface area contributed by atoms with Gasteiger partial charge in [-0.1, -0.05) is 64.1 Å². The Hall–Kier alpha value is -2.94. The number of aryl methyl sites for hydroxylation is 4. The Morgan fingerprint density at radius 3 is 1.62 bits per heavy atom. The highest BCUT2D eigenvalue weighted by atomic mass is 16.3. The molecule has 1 atom stereocenters. The molecule has 32 heavy (non-hydrogen) atoms. The van der Waals surface area contributed by atoms with Gasteiger partial charge in [0.25, 0.3) is 0 Å². The summed E-state index contributed by atoms with van der Waals surface area (Å²) in [6.45, 7) is 11.0. The lowest BCUT2D eigenvalue weighted by Crippen LogP contribution is -2.11. The average Bonchev–Trinajstić information content (AvgIpc) is 2.80. The van der Waals surface area contributed by atoms with E-state index in [0.717, 1.165) is 43.4 Å². The maximum absolute atomic E-state index is 9.60. The smallest absolute Gasteiger partial charge is 0.115 e. The molecule has 0 spiro atoms. The van der Waals surface area contributed by atoms with Crippen LogP contribution in [0.5, 0.6) is 5.75 Å². The molecular weight excluding hydrogens is 392 g/mol. The fourth-order valence-electron chi connectivity index (χ4n) is 4.52. The second kappa shape index (κ2) is 10.6. The van der Waals surface area contributed by atoms with Crippen LogP contribution in [0.1, 0.15) is 79.6 Å². The van der Waals surface area contributed by atoms with E-state index in [4.69, 9.17) is 5.73 Å². The summed E-state index contributed by atoms with van der Waals surface area (Å²) in [5, 5.41) is 13.4. The SMILES string of the molecule is CCc1cc(Cc2cc(CC)c(NC(C)c3ccc(O)cc3)c(CC)c2)cc(CC)c1N. The highest BCUT2D eigenvalue weighted by molar-refractivity contribution is 5.62. The quantitative estimate of drug-likeness (QED) is 0.321. The van der Waals surface area contributed by atoms with Gasteiger partial charge in [0.2, 0.25) is 0 Å². The second-order valence-electron chi connectivity index (χ2n) is 8.67. The summed E-state index contributed by atoms with van der Waals surface area (Å²) in [5.41, 5.74) is 17.7. The van der Waals surface area contributed by atoms with E-state index in [-0.39, 0.29) is 6.04 Å². The number of aromatic hydroxyl groups is 1. The topological polar surface area (TPSA) is 58.3 Å². The van der Waals surface area contributed by atoms with Gasteiger partial charge in [-0.25, -0.2) is 0 Å². The molecule has 0 fully saturated rings. The minimum Gasteiger partial charge on any atom is -0.508 e. The van der Waals surface area contributed by atoms with Crippen LogP contribution in [0.2, 0.25) is 0 Å². The van der Waals surface area contributed by atoms with Crippen molar-refractivity contribution in [2.75, 3.05) is 11.1 Å². The number of hydrogen-bond donors (Lipinski definition) is 3. The molecule has 0 aliphatic carbocycles. The van der Waals surface area contributed by atoms with E-state index >= 15 is 0 Å². The predicted molar refractivity (Wildman–Crippen MR) is 138 cm³/mol. The minimum absolute atomic E-state index is 0.161. The molecule has 0 saturated carbocycles. The molecule has 0 aliphatic heterocycles. The maximum atomic E-state index is 9.60. The standard InChI is InChI=1S/C29H38N2O/c1-6-22-15-20(16-23(7-2)28(22)30)14-21-17-24(8-3)29(25(9-4)18-21)31-19(5)26-10-12-27(32)13-11-26/h10-13,15-19,31-32H,6-9,14,30H2,1-5H3. The molecule has 1 unspecified atom stereocenters. The zero-order valence-electron chi connectivity index (χ0n) is 20.3. The summed E-state index contributed by atoms with van der Waals surface area (Å²) in [6.07, 6.45) is 4.81. The average molecular weight is 431 g/mol. The zero-order valence-corrected chi connectivity index (χ0v) is 20.3. The Balaban J connectivity index is 1.93. The van der Waals surface area contributed by atoms with Crippen LogP contribution >= 0.6 is 0 Å². The fourth-order valence-corrected chi connectivity index (χ4v) is 4.52. The van der Waals surface area contributed by atoms with Crippen molar-refractivity contribution in [3.8, 4) is 5.75 Å². The molecule has 170 valence electrons. The van der Waals surface area contributed by atoms with Crippen molar-refractivity contribution in [1.82, 2.24) is 0 Å². The molecular formula is C29H38N2O. The summed E-state index contributed by atoms with van der Waals surface area (Å²) in [6, 6.07) is 16.9. The largest absolute Gasteiger partial charge is 0.508 e. The first-order chi connectivity index (χ1) is 15.4. The molecule has 3 aromatic rings. The van der Waals surface area contributed by atoms with Gasteiger partial charge in [0.05, 0.1) is 0 Å². The Bertz CT molecular complexity index is 1000. The van der Waals surface area contributed by atoms with Gasteiger partial charge in [0.15, 0.2) is 0 Å². The van der Waals surface area contributed by atoms with Crippen LogP contribution in [-0.4, -0.2) is 5.11 Å². The number of nitrogens with one attached hydrogen (secondary N) is 1. The van der Waals surface area contributed by atoms with Crippen LogP contribution < -0.4 is 11.1 Å². The molecule has 0 bridgehead atoms. The summed E-state index contributed by atoms with van der Waals surface area (Å²) in [5.74, 6) is 0.300. The lowest BCUT2D eigenvalue weighted by atomic mass is 9.92. The Kier molecular flexibility index (Phi) is 7.84. The molecule has 0 aliphatic rings. The van der Waals surface area contributed by atoms with E-state index in [1.165, 1.54) is 39.1 Å². The van der Waals surface area contributed by atoms with E-state index in [2.05, 4.69) is 64.2 Å². The summed E-state index contributed by atoms with van der Waals surface area (Å²) in [4.78, 5) is 0. The molecule has 0 heterocycles. The van der Waals surface area contributed by atoms with E-state index in [9.17, 15) is 5.11 Å². The minimum atomic E-state index is 0.161. The third-order valence-corrected chi connectivity index (χ3v) is 6.46. The zero-order chi connectivity index (χ0) is 23.3. The Labute approximate surface area is 193 Å². The first-order valence-corrected chi connectivity index (χ1v) is 12.0. The molecule has 0 amide bonds. The number of benzene rings is 3. The van der Waals surface area contributed by atoms with Crippen LogP contribution in [0.25, 0.3) is 0 Å². The van der Waals surface area contributed by atoms with Crippen LogP contribution in [0.3, 0.4) is 0 Å². The normalized spacial score (nSPS) is 12.0. The number of nitrogen functional groups attached to an aromatic ring is 1.